The molecule has 3 atom stereocenters. The average molecular weight is 417 g/mol. The van der Waals surface area contributed by atoms with Crippen molar-refractivity contribution in [2.75, 3.05) is 5.32 Å². The molecule has 0 unspecified atom stereocenters. The van der Waals surface area contributed by atoms with Crippen molar-refractivity contribution in [2.45, 2.75) is 50.4 Å². The van der Waals surface area contributed by atoms with Crippen LogP contribution in [0.25, 0.3) is 16.8 Å². The summed E-state index contributed by atoms with van der Waals surface area (Å²) in [4.78, 5) is 18.0. The van der Waals surface area contributed by atoms with Crippen LogP contribution in [0.5, 0.6) is 5.75 Å². The second-order valence-electron chi connectivity index (χ2n) is 8.50. The summed E-state index contributed by atoms with van der Waals surface area (Å²) in [5, 5.41) is 17.3. The fourth-order valence-corrected chi connectivity index (χ4v) is 5.32. The van der Waals surface area contributed by atoms with Gasteiger partial charge in [-0.2, -0.15) is 5.10 Å². The molecule has 0 aliphatic carbocycles. The Morgan fingerprint density at radius 2 is 1.94 bits per heavy atom. The van der Waals surface area contributed by atoms with Crippen LogP contribution in [-0.4, -0.2) is 49.0 Å². The van der Waals surface area contributed by atoms with Crippen LogP contribution in [-0.2, 0) is 6.61 Å². The number of ether oxygens (including phenoxy) is 1. The number of aromatic nitrogens is 3. The molecule has 2 N–H and O–H groups in total. The van der Waals surface area contributed by atoms with Gasteiger partial charge in [-0.05, 0) is 56.0 Å². The maximum atomic E-state index is 11.5. The zero-order chi connectivity index (χ0) is 20.9. The van der Waals surface area contributed by atoms with Gasteiger partial charge >= 0.3 is 6.09 Å². The third kappa shape index (κ3) is 3.10. The lowest BCUT2D eigenvalue weighted by atomic mass is 9.97. The number of hydrogen-bond donors (Lipinski definition) is 2. The Hall–Kier alpha value is -3.55. The van der Waals surface area contributed by atoms with Gasteiger partial charge in [-0.3, -0.25) is 0 Å². The van der Waals surface area contributed by atoms with Crippen LogP contribution in [0.1, 0.15) is 31.4 Å². The van der Waals surface area contributed by atoms with Crippen LogP contribution in [0.15, 0.2) is 48.8 Å². The molecule has 0 saturated carbocycles. The average Bonchev–Trinajstić information content (AvgIpc) is 3.40. The molecule has 3 aromatic rings. The number of carboxylic acid groups (broad SMARTS) is 1. The first-order valence-corrected chi connectivity index (χ1v) is 10.7. The normalized spacial score (nSPS) is 23.6. The highest BCUT2D eigenvalue weighted by Gasteiger charge is 2.43. The van der Waals surface area contributed by atoms with E-state index in [0.29, 0.717) is 6.61 Å². The first kappa shape index (κ1) is 18.2. The largest absolute Gasteiger partial charge is 0.487 e. The molecule has 3 aliphatic heterocycles. The summed E-state index contributed by atoms with van der Waals surface area (Å²) in [5.74, 6) is 1.66. The van der Waals surface area contributed by atoms with Crippen LogP contribution in [0.2, 0.25) is 0 Å². The fraction of sp³-hybridized carbons (Fsp3) is 0.348. The fourth-order valence-electron chi connectivity index (χ4n) is 5.32. The summed E-state index contributed by atoms with van der Waals surface area (Å²) in [6.07, 6.45) is 6.45. The van der Waals surface area contributed by atoms with E-state index in [4.69, 9.17) is 9.72 Å². The lowest BCUT2D eigenvalue weighted by molar-refractivity contribution is 0.0993. The Morgan fingerprint density at radius 3 is 2.68 bits per heavy atom. The van der Waals surface area contributed by atoms with Crippen LogP contribution in [0.3, 0.4) is 0 Å². The Morgan fingerprint density at radius 1 is 1.13 bits per heavy atom. The van der Waals surface area contributed by atoms with Crippen molar-refractivity contribution in [1.82, 2.24) is 19.7 Å². The minimum absolute atomic E-state index is 0.116. The highest BCUT2D eigenvalue weighted by molar-refractivity contribution is 5.76. The topological polar surface area (TPSA) is 92.5 Å². The molecule has 2 bridgehead atoms. The van der Waals surface area contributed by atoms with Crippen molar-refractivity contribution >= 4 is 11.9 Å². The molecule has 2 saturated heterocycles. The Balaban J connectivity index is 1.22. The van der Waals surface area contributed by atoms with E-state index in [9.17, 15) is 9.90 Å². The predicted molar refractivity (Wildman–Crippen MR) is 114 cm³/mol. The van der Waals surface area contributed by atoms with Crippen LogP contribution >= 0.6 is 0 Å². The number of amides is 1. The van der Waals surface area contributed by atoms with Gasteiger partial charge in [0.1, 0.15) is 18.2 Å². The smallest absolute Gasteiger partial charge is 0.407 e. The summed E-state index contributed by atoms with van der Waals surface area (Å²) < 4.78 is 7.83. The van der Waals surface area contributed by atoms with Crippen LogP contribution in [0, 0.1) is 0 Å². The van der Waals surface area contributed by atoms with Crippen molar-refractivity contribution in [3.8, 4) is 22.6 Å². The summed E-state index contributed by atoms with van der Waals surface area (Å²) in [5.41, 5.74) is 3.99. The van der Waals surface area contributed by atoms with Gasteiger partial charge in [0.15, 0.2) is 0 Å². The number of anilines is 1. The van der Waals surface area contributed by atoms with E-state index < -0.39 is 6.09 Å². The van der Waals surface area contributed by atoms with Gasteiger partial charge in [-0.25, -0.2) is 14.5 Å². The monoisotopic (exact) mass is 417 g/mol. The summed E-state index contributed by atoms with van der Waals surface area (Å²) >= 11 is 0. The van der Waals surface area contributed by atoms with Crippen molar-refractivity contribution < 1.29 is 14.6 Å². The number of nitrogens with zero attached hydrogens (tertiary/aromatic N) is 4. The number of hydrogen-bond acceptors (Lipinski definition) is 5. The molecule has 1 aromatic carbocycles. The van der Waals surface area contributed by atoms with E-state index in [0.717, 1.165) is 59.8 Å². The molecule has 158 valence electrons. The van der Waals surface area contributed by atoms with Gasteiger partial charge in [0.25, 0.3) is 0 Å². The van der Waals surface area contributed by atoms with Crippen molar-refractivity contribution in [2.24, 2.45) is 0 Å². The first-order valence-electron chi connectivity index (χ1n) is 10.7. The van der Waals surface area contributed by atoms with Gasteiger partial charge in [0.05, 0.1) is 11.4 Å². The van der Waals surface area contributed by atoms with Crippen molar-refractivity contribution in [3.05, 3.63) is 54.5 Å². The van der Waals surface area contributed by atoms with E-state index in [1.807, 2.05) is 35.1 Å². The van der Waals surface area contributed by atoms with Crippen LogP contribution in [0.4, 0.5) is 10.6 Å². The molecule has 1 amide bonds. The standard InChI is InChI=1S/C23H23N5O3/c29-23(30)28-16-2-3-17(28)11-14(10-16)25-22-7-6-18-19-5-4-15(27-9-1-8-24-27)12-21(19)31-13-20(18)26-22/h1,4-9,12,14,16-17H,2-3,10-11,13H2,(H,25,26)(H,29,30)/t14-,16-,17+. The van der Waals surface area contributed by atoms with Gasteiger partial charge in [0, 0.05) is 47.7 Å². The first-order chi connectivity index (χ1) is 15.2. The molecule has 0 radical (unpaired) electrons. The second kappa shape index (κ2) is 7.01. The molecule has 6 rings (SSSR count). The van der Waals surface area contributed by atoms with Crippen molar-refractivity contribution in [3.63, 3.8) is 0 Å². The molecule has 2 aromatic heterocycles. The summed E-state index contributed by atoms with van der Waals surface area (Å²) in [7, 11) is 0. The number of piperidine rings is 1. The molecule has 3 aliphatic rings. The van der Waals surface area contributed by atoms with E-state index in [2.05, 4.69) is 22.5 Å². The summed E-state index contributed by atoms with van der Waals surface area (Å²) in [6.45, 7) is 0.420. The van der Waals surface area contributed by atoms with Crippen LogP contribution < -0.4 is 10.1 Å². The predicted octanol–water partition coefficient (Wildman–Crippen LogP) is 3.91. The van der Waals surface area contributed by atoms with E-state index in [-0.39, 0.29) is 18.1 Å². The van der Waals surface area contributed by atoms with Gasteiger partial charge in [-0.15, -0.1) is 0 Å². The highest BCUT2D eigenvalue weighted by atomic mass is 16.5. The molecule has 8 nitrogen and oxygen atoms in total. The SMILES string of the molecule is O=C(O)N1[C@@H]2CC[C@H]1C[C@H](Nc1ccc3c(n1)COc1cc(-n4cccn4)ccc1-3)C2. The Kier molecular flexibility index (Phi) is 4.12. The maximum Gasteiger partial charge on any atom is 0.407 e. The van der Waals surface area contributed by atoms with E-state index in [1.165, 1.54) is 0 Å². The minimum Gasteiger partial charge on any atom is -0.487 e. The van der Waals surface area contributed by atoms with Gasteiger partial charge < -0.3 is 20.1 Å². The number of benzene rings is 1. The molecule has 0 spiro atoms. The third-order valence-electron chi connectivity index (χ3n) is 6.67. The van der Waals surface area contributed by atoms with Gasteiger partial charge in [0.2, 0.25) is 0 Å². The van der Waals surface area contributed by atoms with E-state index >= 15 is 0 Å². The number of nitrogens with one attached hydrogen (secondary N) is 1. The number of rotatable bonds is 3. The second-order valence-corrected chi connectivity index (χ2v) is 8.50. The molecular formula is C23H23N5O3. The van der Waals surface area contributed by atoms with Crippen molar-refractivity contribution in [1.29, 1.82) is 0 Å². The third-order valence-corrected chi connectivity index (χ3v) is 6.67. The van der Waals surface area contributed by atoms with Gasteiger partial charge in [-0.1, -0.05) is 0 Å². The zero-order valence-electron chi connectivity index (χ0n) is 16.9. The Bertz CT molecular complexity index is 1130. The maximum absolute atomic E-state index is 11.5. The highest BCUT2D eigenvalue weighted by Crippen LogP contribution is 2.40. The molecule has 31 heavy (non-hydrogen) atoms. The quantitative estimate of drug-likeness (QED) is 0.671. The molecule has 5 heterocycles. The zero-order valence-corrected chi connectivity index (χ0v) is 16.9. The molecule has 2 fully saturated rings. The van der Waals surface area contributed by atoms with E-state index in [1.54, 1.807) is 11.1 Å². The number of carbonyl (C=O) groups is 1. The minimum atomic E-state index is -0.788. The summed E-state index contributed by atoms with van der Waals surface area (Å²) in [6, 6.07) is 12.6. The lowest BCUT2D eigenvalue weighted by Crippen LogP contribution is -2.49. The number of fused-ring (bicyclic) bond motifs is 5. The molecule has 8 heteroatoms. The molecular weight excluding hydrogens is 394 g/mol. The number of pyridine rings is 1. The lowest BCUT2D eigenvalue weighted by Gasteiger charge is -2.37. The Labute approximate surface area is 179 Å².